The van der Waals surface area contributed by atoms with Gasteiger partial charge < -0.3 is 14.7 Å². The molecule has 10 heteroatoms. The summed E-state index contributed by atoms with van der Waals surface area (Å²) in [6.45, 7) is 0.779. The molecule has 1 saturated heterocycles. The molecule has 21 heavy (non-hydrogen) atoms. The standard InChI is InChI=1S/C11H14N2O6S2/c1-19-11(16)12-2-4-13(5-3-12)21(17,18)9-6-8(7-20-9)10(14)15/h6-7H,2-5H2,1H3,(H,14,15). The van der Waals surface area contributed by atoms with Gasteiger partial charge in [0.1, 0.15) is 4.21 Å². The van der Waals surface area contributed by atoms with E-state index >= 15 is 0 Å². The van der Waals surface area contributed by atoms with Crippen molar-refractivity contribution >= 4 is 33.4 Å². The van der Waals surface area contributed by atoms with Crippen LogP contribution < -0.4 is 0 Å². The molecular weight excluding hydrogens is 320 g/mol. The van der Waals surface area contributed by atoms with Crippen molar-refractivity contribution in [3.63, 3.8) is 0 Å². The van der Waals surface area contributed by atoms with Crippen LogP contribution in [0.5, 0.6) is 0 Å². The van der Waals surface area contributed by atoms with Crippen molar-refractivity contribution in [3.8, 4) is 0 Å². The molecule has 1 N–H and O–H groups in total. The highest BCUT2D eigenvalue weighted by molar-refractivity contribution is 7.91. The molecule has 1 aliphatic heterocycles. The predicted molar refractivity (Wildman–Crippen MR) is 74.0 cm³/mol. The fourth-order valence-corrected chi connectivity index (χ4v) is 4.66. The number of carbonyl (C=O) groups is 2. The average molecular weight is 334 g/mol. The van der Waals surface area contributed by atoms with Gasteiger partial charge in [-0.1, -0.05) is 0 Å². The van der Waals surface area contributed by atoms with Gasteiger partial charge in [0.25, 0.3) is 10.0 Å². The molecule has 0 aliphatic carbocycles. The number of ether oxygens (including phenoxy) is 1. The van der Waals surface area contributed by atoms with Crippen LogP contribution in [-0.2, 0) is 14.8 Å². The van der Waals surface area contributed by atoms with Gasteiger partial charge in [-0.15, -0.1) is 11.3 Å². The van der Waals surface area contributed by atoms with Crippen LogP contribution in [0.1, 0.15) is 10.4 Å². The number of rotatable bonds is 3. The van der Waals surface area contributed by atoms with Gasteiger partial charge in [-0.2, -0.15) is 4.31 Å². The van der Waals surface area contributed by atoms with E-state index in [0.717, 1.165) is 17.4 Å². The largest absolute Gasteiger partial charge is 0.478 e. The van der Waals surface area contributed by atoms with Crippen LogP contribution in [0.3, 0.4) is 0 Å². The first-order chi connectivity index (χ1) is 9.86. The average Bonchev–Trinajstić information content (AvgIpc) is 2.97. The molecule has 1 fully saturated rings. The first-order valence-electron chi connectivity index (χ1n) is 6.01. The Morgan fingerprint density at radius 1 is 1.29 bits per heavy atom. The molecule has 8 nitrogen and oxygen atoms in total. The zero-order valence-corrected chi connectivity index (χ0v) is 12.8. The van der Waals surface area contributed by atoms with Crippen molar-refractivity contribution in [2.45, 2.75) is 4.21 Å². The Labute approximate surface area is 125 Å². The number of hydrogen-bond acceptors (Lipinski definition) is 6. The fourth-order valence-electron chi connectivity index (χ4n) is 1.93. The van der Waals surface area contributed by atoms with Crippen molar-refractivity contribution in [1.82, 2.24) is 9.21 Å². The minimum Gasteiger partial charge on any atom is -0.478 e. The third-order valence-electron chi connectivity index (χ3n) is 3.09. The number of carbonyl (C=O) groups excluding carboxylic acids is 1. The lowest BCUT2D eigenvalue weighted by Gasteiger charge is -2.32. The molecule has 0 radical (unpaired) electrons. The third kappa shape index (κ3) is 3.17. The minimum atomic E-state index is -3.72. The number of aromatic carboxylic acids is 1. The number of carboxylic acids is 1. The number of methoxy groups -OCH3 is 1. The van der Waals surface area contributed by atoms with Gasteiger partial charge in [0.15, 0.2) is 0 Å². The second kappa shape index (κ2) is 6.00. The first kappa shape index (κ1) is 15.7. The summed E-state index contributed by atoms with van der Waals surface area (Å²) in [6, 6.07) is 1.15. The Kier molecular flexibility index (Phi) is 4.49. The highest BCUT2D eigenvalue weighted by atomic mass is 32.2. The summed E-state index contributed by atoms with van der Waals surface area (Å²) in [4.78, 5) is 23.6. The van der Waals surface area contributed by atoms with Crippen LogP contribution in [-0.4, -0.2) is 68.1 Å². The van der Waals surface area contributed by atoms with E-state index in [1.807, 2.05) is 0 Å². The third-order valence-corrected chi connectivity index (χ3v) is 6.40. The van der Waals surface area contributed by atoms with Crippen LogP contribution in [0, 0.1) is 0 Å². The monoisotopic (exact) mass is 334 g/mol. The summed E-state index contributed by atoms with van der Waals surface area (Å²) in [5.41, 5.74) is -0.0493. The van der Waals surface area contributed by atoms with E-state index in [0.29, 0.717) is 0 Å². The Balaban J connectivity index is 2.11. The number of piperazine rings is 1. The maximum Gasteiger partial charge on any atom is 0.409 e. The molecule has 1 amide bonds. The molecule has 0 atom stereocenters. The Hall–Kier alpha value is -1.65. The second-order valence-electron chi connectivity index (χ2n) is 4.32. The number of hydrogen-bond donors (Lipinski definition) is 1. The molecule has 1 aliphatic rings. The van der Waals surface area contributed by atoms with E-state index in [1.54, 1.807) is 0 Å². The SMILES string of the molecule is COC(=O)N1CCN(S(=O)(=O)c2cc(C(=O)O)cs2)CC1. The minimum absolute atomic E-state index is 0.00795. The summed E-state index contributed by atoms with van der Waals surface area (Å²) < 4.78 is 30.6. The van der Waals surface area contributed by atoms with E-state index < -0.39 is 22.1 Å². The van der Waals surface area contributed by atoms with E-state index in [-0.39, 0.29) is 36.0 Å². The van der Waals surface area contributed by atoms with E-state index in [2.05, 4.69) is 4.74 Å². The molecule has 2 rings (SSSR count). The summed E-state index contributed by atoms with van der Waals surface area (Å²) in [5, 5.41) is 10.1. The molecule has 1 aromatic heterocycles. The van der Waals surface area contributed by atoms with Gasteiger partial charge in [-0.05, 0) is 6.07 Å². The summed E-state index contributed by atoms with van der Waals surface area (Å²) >= 11 is 0.874. The smallest absolute Gasteiger partial charge is 0.409 e. The van der Waals surface area contributed by atoms with Crippen molar-refractivity contribution in [3.05, 3.63) is 17.0 Å². The normalized spacial score (nSPS) is 16.7. The van der Waals surface area contributed by atoms with Crippen molar-refractivity contribution < 1.29 is 27.9 Å². The summed E-state index contributed by atoms with van der Waals surface area (Å²) in [5.74, 6) is -1.16. The highest BCUT2D eigenvalue weighted by Crippen LogP contribution is 2.25. The quantitative estimate of drug-likeness (QED) is 0.864. The van der Waals surface area contributed by atoms with Crippen molar-refractivity contribution in [2.75, 3.05) is 33.3 Å². The lowest BCUT2D eigenvalue weighted by atomic mass is 10.4. The van der Waals surface area contributed by atoms with E-state index in [9.17, 15) is 18.0 Å². The highest BCUT2D eigenvalue weighted by Gasteiger charge is 2.31. The van der Waals surface area contributed by atoms with Gasteiger partial charge in [-0.25, -0.2) is 18.0 Å². The predicted octanol–water partition coefficient (Wildman–Crippen LogP) is 0.519. The van der Waals surface area contributed by atoms with E-state index in [1.165, 1.54) is 21.7 Å². The van der Waals surface area contributed by atoms with Crippen LogP contribution in [0.4, 0.5) is 4.79 Å². The number of carboxylic acid groups (broad SMARTS) is 1. The van der Waals surface area contributed by atoms with Gasteiger partial charge >= 0.3 is 12.1 Å². The number of sulfonamides is 1. The first-order valence-corrected chi connectivity index (χ1v) is 8.33. The van der Waals surface area contributed by atoms with Crippen LogP contribution in [0.15, 0.2) is 15.7 Å². The Morgan fingerprint density at radius 3 is 2.38 bits per heavy atom. The lowest BCUT2D eigenvalue weighted by molar-refractivity contribution is 0.0697. The van der Waals surface area contributed by atoms with Gasteiger partial charge in [0.05, 0.1) is 12.7 Å². The number of amides is 1. The maximum absolute atomic E-state index is 12.4. The molecule has 0 saturated carbocycles. The molecule has 0 unspecified atom stereocenters. The van der Waals surface area contributed by atoms with Crippen LogP contribution in [0.25, 0.3) is 0 Å². The zero-order valence-electron chi connectivity index (χ0n) is 11.2. The second-order valence-corrected chi connectivity index (χ2v) is 7.40. The molecular formula is C11H14N2O6S2. The molecule has 2 heterocycles. The molecule has 0 aromatic carbocycles. The Morgan fingerprint density at radius 2 is 1.90 bits per heavy atom. The zero-order chi connectivity index (χ0) is 15.6. The van der Waals surface area contributed by atoms with Gasteiger partial charge in [0, 0.05) is 31.6 Å². The van der Waals surface area contributed by atoms with Crippen molar-refractivity contribution in [1.29, 1.82) is 0 Å². The molecule has 0 bridgehead atoms. The maximum atomic E-state index is 12.4. The van der Waals surface area contributed by atoms with E-state index in [4.69, 9.17) is 5.11 Å². The Bertz CT molecular complexity index is 645. The molecule has 0 spiro atoms. The van der Waals surface area contributed by atoms with Gasteiger partial charge in [-0.3, -0.25) is 0 Å². The summed E-state index contributed by atoms with van der Waals surface area (Å²) in [6.07, 6.45) is -0.490. The van der Waals surface area contributed by atoms with Gasteiger partial charge in [0.2, 0.25) is 0 Å². The van der Waals surface area contributed by atoms with Crippen molar-refractivity contribution in [2.24, 2.45) is 0 Å². The lowest BCUT2D eigenvalue weighted by Crippen LogP contribution is -2.50. The number of thiophene rings is 1. The van der Waals surface area contributed by atoms with Crippen LogP contribution >= 0.6 is 11.3 Å². The number of nitrogens with zero attached hydrogens (tertiary/aromatic N) is 2. The molecule has 1 aromatic rings. The fraction of sp³-hybridized carbons (Fsp3) is 0.455. The summed E-state index contributed by atoms with van der Waals surface area (Å²) in [7, 11) is -2.45. The topological polar surface area (TPSA) is 104 Å². The van der Waals surface area contributed by atoms with Crippen LogP contribution in [0.2, 0.25) is 0 Å². The molecule has 116 valence electrons.